The first kappa shape index (κ1) is 16.1. The maximum absolute atomic E-state index is 9.77. The van der Waals surface area contributed by atoms with Gasteiger partial charge in [0.15, 0.2) is 0 Å². The van der Waals surface area contributed by atoms with Crippen molar-refractivity contribution < 1.29 is 9.84 Å². The van der Waals surface area contributed by atoms with Crippen molar-refractivity contribution in [3.63, 3.8) is 0 Å². The first-order chi connectivity index (χ1) is 12.1. The van der Waals surface area contributed by atoms with E-state index < -0.39 is 0 Å². The van der Waals surface area contributed by atoms with Crippen molar-refractivity contribution in [2.75, 3.05) is 18.2 Å². The highest BCUT2D eigenvalue weighted by Gasteiger charge is 2.36. The Morgan fingerprint density at radius 1 is 1.28 bits per heavy atom. The topological polar surface area (TPSA) is 106 Å². The number of hydrogen-bond acceptors (Lipinski definition) is 7. The van der Waals surface area contributed by atoms with Crippen molar-refractivity contribution in [1.82, 2.24) is 15.0 Å². The number of ether oxygens (including phenoxy) is 1. The maximum Gasteiger partial charge on any atom is 0.222 e. The second kappa shape index (κ2) is 6.48. The summed E-state index contributed by atoms with van der Waals surface area (Å²) in [5, 5.41) is 13.3. The van der Waals surface area contributed by atoms with Crippen LogP contribution in [0.5, 0.6) is 5.75 Å². The number of aromatic nitrogens is 3. The number of nitrogen functional groups attached to an aromatic ring is 1. The van der Waals surface area contributed by atoms with Gasteiger partial charge in [0.25, 0.3) is 0 Å². The Hall–Kier alpha value is -2.41. The molecule has 132 valence electrons. The molecule has 4 N–H and O–H groups in total. The minimum Gasteiger partial charge on any atom is -0.495 e. The quantitative estimate of drug-likeness (QED) is 0.762. The number of pyridine rings is 1. The number of aryl methyl sites for hydroxylation is 1. The third-order valence-electron chi connectivity index (χ3n) is 5.19. The lowest BCUT2D eigenvalue weighted by atomic mass is 9.75. The molecule has 0 aromatic carbocycles. The van der Waals surface area contributed by atoms with E-state index in [2.05, 4.69) is 20.3 Å². The third kappa shape index (κ3) is 3.11. The first-order valence-electron chi connectivity index (χ1n) is 8.73. The number of anilines is 2. The van der Waals surface area contributed by atoms with Gasteiger partial charge in [-0.15, -0.1) is 0 Å². The number of hydrogen-bond donors (Lipinski definition) is 3. The van der Waals surface area contributed by atoms with E-state index in [4.69, 9.17) is 10.5 Å². The van der Waals surface area contributed by atoms with E-state index in [1.807, 2.05) is 12.3 Å². The molecule has 1 unspecified atom stereocenters. The molecular weight excluding hydrogens is 318 g/mol. The van der Waals surface area contributed by atoms with Crippen LogP contribution in [0, 0.1) is 5.92 Å². The minimum atomic E-state index is -0.228. The smallest absolute Gasteiger partial charge is 0.222 e. The van der Waals surface area contributed by atoms with Crippen LogP contribution in [-0.4, -0.2) is 33.3 Å². The van der Waals surface area contributed by atoms with Crippen LogP contribution < -0.4 is 15.8 Å². The van der Waals surface area contributed by atoms with Crippen LogP contribution in [0.3, 0.4) is 0 Å². The Kier molecular flexibility index (Phi) is 4.17. The molecule has 25 heavy (non-hydrogen) atoms. The molecule has 2 aliphatic rings. The van der Waals surface area contributed by atoms with Crippen LogP contribution >= 0.6 is 0 Å². The van der Waals surface area contributed by atoms with E-state index in [1.165, 1.54) is 0 Å². The third-order valence-corrected chi connectivity index (χ3v) is 5.19. The van der Waals surface area contributed by atoms with Gasteiger partial charge in [0, 0.05) is 11.8 Å². The Labute approximate surface area is 146 Å². The normalized spacial score (nSPS) is 22.8. The van der Waals surface area contributed by atoms with Gasteiger partial charge in [0.1, 0.15) is 11.6 Å². The van der Waals surface area contributed by atoms with Crippen molar-refractivity contribution in [2.45, 2.75) is 44.2 Å². The summed E-state index contributed by atoms with van der Waals surface area (Å²) in [7, 11) is 1.63. The molecule has 4 rings (SSSR count). The largest absolute Gasteiger partial charge is 0.495 e. The predicted molar refractivity (Wildman–Crippen MR) is 94.4 cm³/mol. The Morgan fingerprint density at radius 2 is 2.12 bits per heavy atom. The molecular formula is C18H23N5O2. The lowest BCUT2D eigenvalue weighted by molar-refractivity contribution is 0.0338. The molecule has 0 aliphatic heterocycles. The van der Waals surface area contributed by atoms with Crippen molar-refractivity contribution >= 4 is 11.8 Å². The molecule has 2 aliphatic carbocycles. The van der Waals surface area contributed by atoms with E-state index in [9.17, 15) is 5.11 Å². The molecule has 0 radical (unpaired) electrons. The standard InChI is InChI=1S/C18H23N5O2/c1-25-13-7-11(8-20-9-13)16(10-5-12(24)6-10)22-17-14-3-2-4-15(14)21-18(19)23-17/h7-10,12,16,24H,2-6H2,1H3,(H3,19,21,22,23). The fourth-order valence-corrected chi connectivity index (χ4v) is 3.81. The van der Waals surface area contributed by atoms with Gasteiger partial charge in [-0.2, -0.15) is 4.98 Å². The average molecular weight is 341 g/mol. The highest BCUT2D eigenvalue weighted by atomic mass is 16.5. The van der Waals surface area contributed by atoms with Crippen molar-refractivity contribution in [3.8, 4) is 5.75 Å². The molecule has 0 saturated heterocycles. The van der Waals surface area contributed by atoms with Crippen molar-refractivity contribution in [1.29, 1.82) is 0 Å². The van der Waals surface area contributed by atoms with Crippen LogP contribution in [0.2, 0.25) is 0 Å². The SMILES string of the molecule is COc1cncc(C(Nc2nc(N)nc3c2CCC3)C2CC(O)C2)c1. The summed E-state index contributed by atoms with van der Waals surface area (Å²) in [5.41, 5.74) is 9.14. The lowest BCUT2D eigenvalue weighted by Gasteiger charge is -2.38. The van der Waals surface area contributed by atoms with E-state index in [0.717, 1.165) is 60.5 Å². The van der Waals surface area contributed by atoms with Crippen LogP contribution in [-0.2, 0) is 12.8 Å². The average Bonchev–Trinajstić information content (AvgIpc) is 3.05. The minimum absolute atomic E-state index is 0.00463. The molecule has 1 fully saturated rings. The van der Waals surface area contributed by atoms with Crippen LogP contribution in [0.1, 0.15) is 42.1 Å². The van der Waals surface area contributed by atoms with Gasteiger partial charge in [-0.3, -0.25) is 4.98 Å². The molecule has 0 amide bonds. The molecule has 7 heteroatoms. The van der Waals surface area contributed by atoms with Crippen molar-refractivity contribution in [3.05, 3.63) is 35.3 Å². The fourth-order valence-electron chi connectivity index (χ4n) is 3.81. The monoisotopic (exact) mass is 341 g/mol. The number of nitrogens with two attached hydrogens (primary N) is 1. The summed E-state index contributed by atoms with van der Waals surface area (Å²) in [5.74, 6) is 2.15. The zero-order chi connectivity index (χ0) is 17.4. The molecule has 0 bridgehead atoms. The number of nitrogens with one attached hydrogen (secondary N) is 1. The Morgan fingerprint density at radius 3 is 2.88 bits per heavy atom. The Bertz CT molecular complexity index is 776. The van der Waals surface area contributed by atoms with Gasteiger partial charge in [-0.25, -0.2) is 4.98 Å². The number of methoxy groups -OCH3 is 1. The molecule has 2 aromatic heterocycles. The second-order valence-electron chi connectivity index (χ2n) is 6.87. The van der Waals surface area contributed by atoms with E-state index >= 15 is 0 Å². The summed E-state index contributed by atoms with van der Waals surface area (Å²) >= 11 is 0. The van der Waals surface area contributed by atoms with Gasteiger partial charge < -0.3 is 20.9 Å². The van der Waals surface area contributed by atoms with Crippen molar-refractivity contribution in [2.24, 2.45) is 5.92 Å². The zero-order valence-electron chi connectivity index (χ0n) is 14.3. The molecule has 1 saturated carbocycles. The lowest BCUT2D eigenvalue weighted by Crippen LogP contribution is -2.36. The fraction of sp³-hybridized carbons (Fsp3) is 0.500. The van der Waals surface area contributed by atoms with E-state index in [0.29, 0.717) is 11.9 Å². The van der Waals surface area contributed by atoms with E-state index in [-0.39, 0.29) is 12.1 Å². The highest BCUT2D eigenvalue weighted by Crippen LogP contribution is 2.41. The first-order valence-corrected chi connectivity index (χ1v) is 8.73. The predicted octanol–water partition coefficient (Wildman–Crippen LogP) is 1.88. The number of aliphatic hydroxyl groups is 1. The Balaban J connectivity index is 1.68. The number of nitrogens with zero attached hydrogens (tertiary/aromatic N) is 3. The van der Waals surface area contributed by atoms with Crippen LogP contribution in [0.25, 0.3) is 0 Å². The molecule has 0 spiro atoms. The van der Waals surface area contributed by atoms with E-state index in [1.54, 1.807) is 13.3 Å². The molecule has 7 nitrogen and oxygen atoms in total. The number of fused-ring (bicyclic) bond motifs is 1. The molecule has 1 atom stereocenters. The van der Waals surface area contributed by atoms with Gasteiger partial charge in [0.2, 0.25) is 5.95 Å². The van der Waals surface area contributed by atoms with Crippen LogP contribution in [0.4, 0.5) is 11.8 Å². The summed E-state index contributed by atoms with van der Waals surface area (Å²) in [6.07, 6.45) is 7.82. The van der Waals surface area contributed by atoms with Gasteiger partial charge in [0.05, 0.1) is 31.1 Å². The summed E-state index contributed by atoms with van der Waals surface area (Å²) in [4.78, 5) is 13.1. The summed E-state index contributed by atoms with van der Waals surface area (Å²) in [6, 6.07) is 1.99. The maximum atomic E-state index is 9.77. The zero-order valence-corrected chi connectivity index (χ0v) is 14.3. The number of rotatable bonds is 5. The highest BCUT2D eigenvalue weighted by molar-refractivity contribution is 5.53. The summed E-state index contributed by atoms with van der Waals surface area (Å²) < 4.78 is 5.32. The van der Waals surface area contributed by atoms with Gasteiger partial charge in [-0.05, 0) is 49.7 Å². The van der Waals surface area contributed by atoms with Gasteiger partial charge in [-0.1, -0.05) is 0 Å². The summed E-state index contributed by atoms with van der Waals surface area (Å²) in [6.45, 7) is 0. The van der Waals surface area contributed by atoms with Crippen LogP contribution in [0.15, 0.2) is 18.5 Å². The van der Waals surface area contributed by atoms with Gasteiger partial charge >= 0.3 is 0 Å². The second-order valence-corrected chi connectivity index (χ2v) is 6.87. The number of aliphatic hydroxyl groups excluding tert-OH is 1. The molecule has 2 heterocycles. The molecule has 2 aromatic rings.